The van der Waals surface area contributed by atoms with E-state index in [2.05, 4.69) is 16.5 Å². The number of aromatic nitrogens is 2. The number of rotatable bonds is 8. The molecule has 32 heavy (non-hydrogen) atoms. The molecule has 0 bridgehead atoms. The largest absolute Gasteiger partial charge is 0.319 e. The van der Waals surface area contributed by atoms with Crippen LogP contribution >= 0.6 is 11.6 Å². The number of nitrogens with one attached hydrogen (secondary N) is 1. The van der Waals surface area contributed by atoms with E-state index in [4.69, 9.17) is 16.7 Å². The Bertz CT molecular complexity index is 1230. The summed E-state index contributed by atoms with van der Waals surface area (Å²) in [5.74, 6) is 0.384. The molecular weight excluding hydrogens is 451 g/mol. The third-order valence-corrected chi connectivity index (χ3v) is 7.22. The zero-order chi connectivity index (χ0) is 22.9. The number of primary sulfonamides is 1. The Morgan fingerprint density at radius 2 is 2.12 bits per heavy atom. The predicted molar refractivity (Wildman–Crippen MR) is 123 cm³/mol. The summed E-state index contributed by atoms with van der Waals surface area (Å²) >= 11 is 6.19. The molecule has 2 unspecified atom stereocenters. The quantitative estimate of drug-likeness (QED) is 0.522. The van der Waals surface area contributed by atoms with Crippen molar-refractivity contribution in [1.29, 1.82) is 0 Å². The molecule has 0 fully saturated rings. The van der Waals surface area contributed by atoms with E-state index < -0.39 is 10.0 Å². The lowest BCUT2D eigenvalue weighted by atomic mass is 9.86. The first-order valence-corrected chi connectivity index (χ1v) is 12.4. The second-order valence-electron chi connectivity index (χ2n) is 8.34. The molecule has 0 saturated carbocycles. The van der Waals surface area contributed by atoms with Crippen LogP contribution in [0.3, 0.4) is 0 Å². The van der Waals surface area contributed by atoms with Gasteiger partial charge in [-0.15, -0.1) is 0 Å². The number of nitrogens with two attached hydrogens (primary N) is 1. The molecule has 3 N–H and O–H groups in total. The van der Waals surface area contributed by atoms with Gasteiger partial charge in [-0.25, -0.2) is 17.9 Å². The fourth-order valence-corrected chi connectivity index (χ4v) is 5.27. The average molecular weight is 477 g/mol. The first-order valence-electron chi connectivity index (χ1n) is 10.5. The van der Waals surface area contributed by atoms with E-state index in [9.17, 15) is 12.8 Å². The second kappa shape index (κ2) is 9.31. The number of aryl methyl sites for hydroxylation is 2. The molecule has 2 aromatic carbocycles. The van der Waals surface area contributed by atoms with Crippen LogP contribution in [0.1, 0.15) is 28.2 Å². The fourth-order valence-electron chi connectivity index (χ4n) is 4.59. The van der Waals surface area contributed by atoms with Crippen LogP contribution in [0.15, 0.2) is 53.7 Å². The molecule has 1 aromatic heterocycles. The number of hydrogen-bond donors (Lipinski definition) is 2. The molecule has 4 rings (SSSR count). The third kappa shape index (κ3) is 5.04. The van der Waals surface area contributed by atoms with E-state index in [1.165, 1.54) is 22.6 Å². The van der Waals surface area contributed by atoms with Crippen LogP contribution in [0, 0.1) is 11.7 Å². The number of sulfonamides is 1. The second-order valence-corrected chi connectivity index (χ2v) is 10.3. The summed E-state index contributed by atoms with van der Waals surface area (Å²) < 4.78 is 39.2. The molecule has 6 nitrogen and oxygen atoms in total. The summed E-state index contributed by atoms with van der Waals surface area (Å²) in [5, 5.41) is 13.1. The van der Waals surface area contributed by atoms with Gasteiger partial charge in [0.1, 0.15) is 10.7 Å². The SMILES string of the molecule is CNCC1Cc2cc(F)c(CCn3cc(S(N)(=O)=O)cn3)cc2C1Cc1cccc(Cl)c1. The van der Waals surface area contributed by atoms with E-state index in [0.29, 0.717) is 29.5 Å². The molecule has 3 aromatic rings. The Morgan fingerprint density at radius 3 is 2.81 bits per heavy atom. The van der Waals surface area contributed by atoms with E-state index in [1.54, 1.807) is 6.07 Å². The van der Waals surface area contributed by atoms with Gasteiger partial charge >= 0.3 is 0 Å². The van der Waals surface area contributed by atoms with E-state index in [-0.39, 0.29) is 16.6 Å². The Kier molecular flexibility index (Phi) is 6.67. The zero-order valence-corrected chi connectivity index (χ0v) is 19.3. The molecule has 9 heteroatoms. The first-order chi connectivity index (χ1) is 15.2. The lowest BCUT2D eigenvalue weighted by Crippen LogP contribution is -2.23. The van der Waals surface area contributed by atoms with Gasteiger partial charge in [0.25, 0.3) is 0 Å². The molecule has 0 spiro atoms. The van der Waals surface area contributed by atoms with Crippen molar-refractivity contribution in [2.24, 2.45) is 11.1 Å². The molecular formula is C23H26ClFN4O2S. The molecule has 2 atom stereocenters. The number of nitrogens with zero attached hydrogens (tertiary/aromatic N) is 2. The van der Waals surface area contributed by atoms with Crippen molar-refractivity contribution in [1.82, 2.24) is 15.1 Å². The van der Waals surface area contributed by atoms with Crippen molar-refractivity contribution in [3.8, 4) is 0 Å². The fraction of sp³-hybridized carbons (Fsp3) is 0.348. The molecule has 170 valence electrons. The summed E-state index contributed by atoms with van der Waals surface area (Å²) in [4.78, 5) is -0.0524. The highest BCUT2D eigenvalue weighted by Crippen LogP contribution is 2.41. The Morgan fingerprint density at radius 1 is 1.31 bits per heavy atom. The lowest BCUT2D eigenvalue weighted by molar-refractivity contribution is 0.436. The Labute approximate surface area is 192 Å². The maximum absolute atomic E-state index is 14.9. The number of benzene rings is 2. The third-order valence-electron chi connectivity index (χ3n) is 6.12. The average Bonchev–Trinajstić information content (AvgIpc) is 3.32. The topological polar surface area (TPSA) is 90.0 Å². The van der Waals surface area contributed by atoms with Gasteiger partial charge in [0, 0.05) is 17.8 Å². The highest BCUT2D eigenvalue weighted by Gasteiger charge is 2.33. The van der Waals surface area contributed by atoms with Crippen molar-refractivity contribution in [3.63, 3.8) is 0 Å². The van der Waals surface area contributed by atoms with Gasteiger partial charge < -0.3 is 5.32 Å². The normalized spacial score (nSPS) is 18.1. The van der Waals surface area contributed by atoms with Gasteiger partial charge in [-0.1, -0.05) is 29.8 Å². The standard InChI is InChI=1S/C23H26ClFN4O2S/c1-27-12-18-9-17-11-23(25)16(5-6-29-14-20(13-28-29)32(26,30)31)10-22(17)21(18)8-15-3-2-4-19(24)7-15/h2-4,7,10-11,13-14,18,21,27H,5-6,8-9,12H2,1H3,(H2,26,30,31). The van der Waals surface area contributed by atoms with Crippen LogP contribution in [0.4, 0.5) is 4.39 Å². The molecule has 1 aliphatic rings. The maximum Gasteiger partial charge on any atom is 0.241 e. The summed E-state index contributed by atoms with van der Waals surface area (Å²) in [6.45, 7) is 1.20. The minimum absolute atomic E-state index is 0.0524. The van der Waals surface area contributed by atoms with Crippen LogP contribution in [0.2, 0.25) is 5.02 Å². The number of halogens is 2. The van der Waals surface area contributed by atoms with Crippen LogP contribution in [0.5, 0.6) is 0 Å². The highest BCUT2D eigenvalue weighted by molar-refractivity contribution is 7.89. The van der Waals surface area contributed by atoms with Crippen LogP contribution in [0.25, 0.3) is 0 Å². The predicted octanol–water partition coefficient (Wildman–Crippen LogP) is 3.28. The minimum atomic E-state index is -3.81. The summed E-state index contributed by atoms with van der Waals surface area (Å²) in [7, 11) is -1.87. The van der Waals surface area contributed by atoms with Gasteiger partial charge in [0.2, 0.25) is 10.0 Å². The van der Waals surface area contributed by atoms with Gasteiger partial charge in [0.15, 0.2) is 0 Å². The van der Waals surface area contributed by atoms with Gasteiger partial charge in [-0.05, 0) is 85.1 Å². The molecule has 0 saturated heterocycles. The van der Waals surface area contributed by atoms with Crippen LogP contribution in [-0.4, -0.2) is 31.8 Å². The van der Waals surface area contributed by atoms with E-state index in [1.807, 2.05) is 31.3 Å². The number of hydrogen-bond acceptors (Lipinski definition) is 4. The molecule has 0 aliphatic heterocycles. The first kappa shape index (κ1) is 22.9. The Balaban J connectivity index is 1.58. The van der Waals surface area contributed by atoms with E-state index >= 15 is 0 Å². The monoisotopic (exact) mass is 476 g/mol. The Hall–Kier alpha value is -2.26. The molecule has 1 heterocycles. The summed E-state index contributed by atoms with van der Waals surface area (Å²) in [6, 6.07) is 11.5. The maximum atomic E-state index is 14.9. The van der Waals surface area contributed by atoms with Crippen molar-refractivity contribution < 1.29 is 12.8 Å². The van der Waals surface area contributed by atoms with E-state index in [0.717, 1.165) is 30.5 Å². The van der Waals surface area contributed by atoms with Crippen LogP contribution in [-0.2, 0) is 35.8 Å². The summed E-state index contributed by atoms with van der Waals surface area (Å²) in [5.41, 5.74) is 3.98. The molecule has 1 aliphatic carbocycles. The zero-order valence-electron chi connectivity index (χ0n) is 17.8. The minimum Gasteiger partial charge on any atom is -0.319 e. The van der Waals surface area contributed by atoms with Crippen molar-refractivity contribution >= 4 is 21.6 Å². The van der Waals surface area contributed by atoms with Gasteiger partial charge in [-0.2, -0.15) is 5.10 Å². The molecule has 0 amide bonds. The van der Waals surface area contributed by atoms with Crippen molar-refractivity contribution in [3.05, 3.63) is 81.9 Å². The van der Waals surface area contributed by atoms with Crippen molar-refractivity contribution in [2.45, 2.75) is 36.6 Å². The highest BCUT2D eigenvalue weighted by atomic mass is 35.5. The van der Waals surface area contributed by atoms with Gasteiger partial charge in [-0.3, -0.25) is 4.68 Å². The lowest BCUT2D eigenvalue weighted by Gasteiger charge is -2.21. The van der Waals surface area contributed by atoms with Crippen LogP contribution < -0.4 is 10.5 Å². The molecule has 0 radical (unpaired) electrons. The smallest absolute Gasteiger partial charge is 0.241 e. The summed E-state index contributed by atoms with van der Waals surface area (Å²) in [6.07, 6.45) is 4.63. The van der Waals surface area contributed by atoms with Crippen molar-refractivity contribution in [2.75, 3.05) is 13.6 Å². The number of fused-ring (bicyclic) bond motifs is 1. The van der Waals surface area contributed by atoms with Gasteiger partial charge in [0.05, 0.1) is 6.20 Å².